The van der Waals surface area contributed by atoms with Crippen LogP contribution in [0.4, 0.5) is 5.69 Å². The molecule has 1 amide bonds. The highest BCUT2D eigenvalue weighted by molar-refractivity contribution is 7.89. The number of morpholine rings is 1. The van der Waals surface area contributed by atoms with E-state index in [4.69, 9.17) is 9.84 Å². The number of carbonyl (C=O) groups is 2. The van der Waals surface area contributed by atoms with E-state index in [9.17, 15) is 18.0 Å². The van der Waals surface area contributed by atoms with Crippen LogP contribution in [0.25, 0.3) is 0 Å². The monoisotopic (exact) mass is 354 g/mol. The minimum Gasteiger partial charge on any atom is -0.478 e. The summed E-state index contributed by atoms with van der Waals surface area (Å²) in [6, 6.07) is 5.71. The number of hydrogen-bond donors (Lipinski definition) is 2. The molecule has 2 rings (SSSR count). The molecule has 9 heteroatoms. The normalized spacial score (nSPS) is 16.6. The van der Waals surface area contributed by atoms with Gasteiger partial charge in [0.05, 0.1) is 18.1 Å². The van der Waals surface area contributed by atoms with Crippen LogP contribution in [0.3, 0.4) is 0 Å². The van der Waals surface area contributed by atoms with Crippen LogP contribution in [-0.2, 0) is 24.3 Å². The van der Waals surface area contributed by atoms with Crippen LogP contribution in [0, 0.1) is 0 Å². The van der Waals surface area contributed by atoms with Crippen LogP contribution in [0.1, 0.15) is 6.92 Å². The number of nitrogens with one attached hydrogen (secondary N) is 1. The number of amides is 1. The van der Waals surface area contributed by atoms with E-state index in [1.54, 1.807) is 0 Å². The smallest absolute Gasteiger partial charge is 0.328 e. The zero-order valence-corrected chi connectivity index (χ0v) is 13.9. The molecule has 1 aliphatic heterocycles. The van der Waals surface area contributed by atoms with Crippen LogP contribution in [0.5, 0.6) is 0 Å². The molecule has 8 nitrogen and oxygen atoms in total. The molecule has 1 aliphatic rings. The molecule has 1 aromatic carbocycles. The number of nitrogens with zero attached hydrogens (tertiary/aromatic N) is 1. The number of ether oxygens (including phenoxy) is 1. The summed E-state index contributed by atoms with van der Waals surface area (Å²) >= 11 is 0. The van der Waals surface area contributed by atoms with Crippen molar-refractivity contribution in [1.29, 1.82) is 0 Å². The first-order valence-electron chi connectivity index (χ1n) is 7.21. The standard InChI is InChI=1S/C15H18N2O6S/c1-11(10-14(18)19)15(20)16-12-2-4-13(5-3-12)24(21,22)17-6-8-23-9-7-17/h2-5,10H,6-9H2,1H3,(H,16,20)(H,18,19). The van der Waals surface area contributed by atoms with Crippen molar-refractivity contribution in [2.24, 2.45) is 0 Å². The minimum atomic E-state index is -3.59. The zero-order valence-electron chi connectivity index (χ0n) is 13.1. The van der Waals surface area contributed by atoms with Crippen LogP contribution in [-0.4, -0.2) is 56.0 Å². The highest BCUT2D eigenvalue weighted by atomic mass is 32.2. The van der Waals surface area contributed by atoms with E-state index in [1.165, 1.54) is 35.5 Å². The Kier molecular flexibility index (Phi) is 5.71. The summed E-state index contributed by atoms with van der Waals surface area (Å²) in [5, 5.41) is 11.1. The van der Waals surface area contributed by atoms with E-state index in [1.807, 2.05) is 0 Å². The molecule has 0 bridgehead atoms. The Labute approximate surface area is 139 Å². The molecule has 0 unspecified atom stereocenters. The van der Waals surface area contributed by atoms with Crippen LogP contribution in [0.15, 0.2) is 40.8 Å². The van der Waals surface area contributed by atoms with E-state index in [0.29, 0.717) is 32.0 Å². The summed E-state index contributed by atoms with van der Waals surface area (Å²) in [4.78, 5) is 22.5. The van der Waals surface area contributed by atoms with Crippen molar-refractivity contribution in [1.82, 2.24) is 4.31 Å². The first-order chi connectivity index (χ1) is 11.3. The van der Waals surface area contributed by atoms with Gasteiger partial charge in [-0.3, -0.25) is 4.79 Å². The molecule has 0 aromatic heterocycles. The third-order valence-corrected chi connectivity index (χ3v) is 5.33. The van der Waals surface area contributed by atoms with Gasteiger partial charge in [0.25, 0.3) is 5.91 Å². The Balaban J connectivity index is 2.10. The number of sulfonamides is 1. The molecule has 1 saturated heterocycles. The van der Waals surface area contributed by atoms with E-state index in [0.717, 1.165) is 6.08 Å². The van der Waals surface area contributed by atoms with Gasteiger partial charge in [-0.15, -0.1) is 0 Å². The molecular formula is C15H18N2O6S. The molecule has 1 heterocycles. The summed E-state index contributed by atoms with van der Waals surface area (Å²) in [5.74, 6) is -1.78. The third-order valence-electron chi connectivity index (χ3n) is 3.42. The average Bonchev–Trinajstić information content (AvgIpc) is 2.55. The van der Waals surface area contributed by atoms with E-state index >= 15 is 0 Å². The Morgan fingerprint density at radius 1 is 1.21 bits per heavy atom. The summed E-state index contributed by atoms with van der Waals surface area (Å²) in [6.45, 7) is 2.71. The van der Waals surface area contributed by atoms with E-state index in [2.05, 4.69) is 5.32 Å². The largest absolute Gasteiger partial charge is 0.478 e. The number of carboxylic acids is 1. The van der Waals surface area contributed by atoms with Gasteiger partial charge in [0, 0.05) is 30.4 Å². The molecule has 0 aliphatic carbocycles. The Morgan fingerprint density at radius 2 is 1.79 bits per heavy atom. The van der Waals surface area contributed by atoms with Crippen molar-refractivity contribution in [2.75, 3.05) is 31.6 Å². The zero-order chi connectivity index (χ0) is 17.7. The Bertz CT molecular complexity index is 749. The van der Waals surface area contributed by atoms with Crippen LogP contribution >= 0.6 is 0 Å². The number of carboxylic acid groups (broad SMARTS) is 1. The minimum absolute atomic E-state index is 0.0347. The Morgan fingerprint density at radius 3 is 2.33 bits per heavy atom. The summed E-state index contributed by atoms with van der Waals surface area (Å²) in [7, 11) is -3.59. The number of anilines is 1. The second kappa shape index (κ2) is 7.56. The van der Waals surface area contributed by atoms with Crippen molar-refractivity contribution in [3.63, 3.8) is 0 Å². The fourth-order valence-electron chi connectivity index (χ4n) is 2.13. The van der Waals surface area contributed by atoms with E-state index in [-0.39, 0.29) is 10.5 Å². The van der Waals surface area contributed by atoms with Gasteiger partial charge < -0.3 is 15.2 Å². The lowest BCUT2D eigenvalue weighted by Gasteiger charge is -2.26. The number of aliphatic carboxylic acids is 1. The molecule has 0 radical (unpaired) electrons. The maximum Gasteiger partial charge on any atom is 0.328 e. The third kappa shape index (κ3) is 4.40. The van der Waals surface area contributed by atoms with Gasteiger partial charge in [0.1, 0.15) is 0 Å². The maximum atomic E-state index is 12.5. The lowest BCUT2D eigenvalue weighted by molar-refractivity contribution is -0.131. The second-order valence-corrected chi connectivity index (χ2v) is 7.10. The molecule has 1 fully saturated rings. The first-order valence-corrected chi connectivity index (χ1v) is 8.65. The highest BCUT2D eigenvalue weighted by Crippen LogP contribution is 2.19. The predicted octanol–water partition coefficient (Wildman–Crippen LogP) is 0.677. The van der Waals surface area contributed by atoms with E-state index < -0.39 is 21.9 Å². The maximum absolute atomic E-state index is 12.5. The van der Waals surface area contributed by atoms with Gasteiger partial charge in [-0.05, 0) is 31.2 Å². The SMILES string of the molecule is CC(=CC(=O)O)C(=O)Nc1ccc(S(=O)(=O)N2CCOCC2)cc1. The lowest BCUT2D eigenvalue weighted by Crippen LogP contribution is -2.40. The number of carbonyl (C=O) groups excluding carboxylic acids is 1. The average molecular weight is 354 g/mol. The number of hydrogen-bond acceptors (Lipinski definition) is 5. The number of rotatable bonds is 5. The summed E-state index contributed by atoms with van der Waals surface area (Å²) < 4.78 is 31.4. The van der Waals surface area contributed by atoms with Gasteiger partial charge in [0.15, 0.2) is 0 Å². The molecule has 0 atom stereocenters. The molecule has 130 valence electrons. The van der Waals surface area contributed by atoms with Crippen LogP contribution in [0.2, 0.25) is 0 Å². The number of benzene rings is 1. The van der Waals surface area contributed by atoms with Crippen molar-refractivity contribution >= 4 is 27.6 Å². The highest BCUT2D eigenvalue weighted by Gasteiger charge is 2.26. The second-order valence-electron chi connectivity index (χ2n) is 5.16. The van der Waals surface area contributed by atoms with Crippen LogP contribution < -0.4 is 5.32 Å². The molecule has 1 aromatic rings. The van der Waals surface area contributed by atoms with Gasteiger partial charge in [-0.25, -0.2) is 13.2 Å². The van der Waals surface area contributed by atoms with Crippen molar-refractivity contribution in [2.45, 2.75) is 11.8 Å². The quantitative estimate of drug-likeness (QED) is 0.752. The predicted molar refractivity (Wildman–Crippen MR) is 86.0 cm³/mol. The molecule has 24 heavy (non-hydrogen) atoms. The van der Waals surface area contributed by atoms with Gasteiger partial charge >= 0.3 is 5.97 Å². The molecule has 0 spiro atoms. The van der Waals surface area contributed by atoms with Crippen molar-refractivity contribution < 1.29 is 27.9 Å². The fraction of sp³-hybridized carbons (Fsp3) is 0.333. The van der Waals surface area contributed by atoms with Gasteiger partial charge in [0.2, 0.25) is 10.0 Å². The summed E-state index contributed by atoms with van der Waals surface area (Å²) in [5.41, 5.74) is 0.409. The molecular weight excluding hydrogens is 336 g/mol. The van der Waals surface area contributed by atoms with Crippen molar-refractivity contribution in [3.8, 4) is 0 Å². The molecule has 2 N–H and O–H groups in total. The van der Waals surface area contributed by atoms with Gasteiger partial charge in [-0.2, -0.15) is 4.31 Å². The molecule has 0 saturated carbocycles. The summed E-state index contributed by atoms with van der Waals surface area (Å²) in [6.07, 6.45) is 0.798. The first kappa shape index (κ1) is 18.1. The lowest BCUT2D eigenvalue weighted by atomic mass is 10.2. The fourth-order valence-corrected chi connectivity index (χ4v) is 3.53. The Hall–Kier alpha value is -2.23. The van der Waals surface area contributed by atoms with Gasteiger partial charge in [-0.1, -0.05) is 0 Å². The van der Waals surface area contributed by atoms with Crippen molar-refractivity contribution in [3.05, 3.63) is 35.9 Å². The topological polar surface area (TPSA) is 113 Å².